The predicted octanol–water partition coefficient (Wildman–Crippen LogP) is 1.74. The maximum absolute atomic E-state index is 14.7. The van der Waals surface area contributed by atoms with Crippen LogP contribution in [-0.4, -0.2) is 44.1 Å². The Kier molecular flexibility index (Phi) is 5.16. The summed E-state index contributed by atoms with van der Waals surface area (Å²) in [7, 11) is 0. The Morgan fingerprint density at radius 1 is 1.25 bits per heavy atom. The molecule has 0 saturated carbocycles. The summed E-state index contributed by atoms with van der Waals surface area (Å²) in [6, 6.07) is 9.78. The van der Waals surface area contributed by atoms with E-state index in [0.29, 0.717) is 49.6 Å². The van der Waals surface area contributed by atoms with Crippen molar-refractivity contribution in [2.24, 2.45) is 11.7 Å². The minimum absolute atomic E-state index is 0.156. The van der Waals surface area contributed by atoms with Gasteiger partial charge in [-0.2, -0.15) is 0 Å². The lowest BCUT2D eigenvalue weighted by atomic mass is 9.93. The molecule has 1 aliphatic rings. The Labute approximate surface area is 161 Å². The summed E-state index contributed by atoms with van der Waals surface area (Å²) < 4.78 is 21.7. The second-order valence-corrected chi connectivity index (χ2v) is 6.91. The minimum Gasteiger partial charge on any atom is -0.467 e. The number of tetrazole rings is 1. The number of halogens is 1. The molecular weight excluding hydrogens is 363 g/mol. The largest absolute Gasteiger partial charge is 0.467 e. The maximum Gasteiger partial charge on any atom is 0.220 e. The first-order valence-corrected chi connectivity index (χ1v) is 9.19. The van der Waals surface area contributed by atoms with Crippen LogP contribution in [0.5, 0.6) is 0 Å². The van der Waals surface area contributed by atoms with Crippen LogP contribution < -0.4 is 5.73 Å². The molecule has 8 nitrogen and oxygen atoms in total. The van der Waals surface area contributed by atoms with Crippen LogP contribution in [0.15, 0.2) is 47.1 Å². The van der Waals surface area contributed by atoms with E-state index in [1.807, 2.05) is 6.07 Å². The molecule has 0 bridgehead atoms. The van der Waals surface area contributed by atoms with Gasteiger partial charge in [-0.15, -0.1) is 5.10 Å². The smallest absolute Gasteiger partial charge is 0.220 e. The van der Waals surface area contributed by atoms with Crippen molar-refractivity contribution in [1.29, 1.82) is 0 Å². The molecule has 1 amide bonds. The number of hydrogen-bond donors (Lipinski definition) is 1. The van der Waals surface area contributed by atoms with Crippen molar-refractivity contribution < 1.29 is 13.6 Å². The lowest BCUT2D eigenvalue weighted by molar-refractivity contribution is -0.123. The lowest BCUT2D eigenvalue weighted by Crippen LogP contribution is -2.41. The van der Waals surface area contributed by atoms with Crippen molar-refractivity contribution in [3.8, 4) is 0 Å². The molecule has 2 aromatic heterocycles. The molecule has 1 saturated heterocycles. The molecule has 0 unspecified atom stereocenters. The number of likely N-dealkylation sites (tertiary alicyclic amines) is 1. The van der Waals surface area contributed by atoms with Gasteiger partial charge in [0.2, 0.25) is 5.91 Å². The van der Waals surface area contributed by atoms with Gasteiger partial charge >= 0.3 is 0 Å². The van der Waals surface area contributed by atoms with E-state index in [1.54, 1.807) is 35.2 Å². The zero-order chi connectivity index (χ0) is 19.5. The van der Waals surface area contributed by atoms with E-state index in [-0.39, 0.29) is 17.6 Å². The Balaban J connectivity index is 1.68. The molecule has 4 rings (SSSR count). The van der Waals surface area contributed by atoms with Crippen LogP contribution in [0.4, 0.5) is 4.39 Å². The first-order valence-electron chi connectivity index (χ1n) is 9.19. The van der Waals surface area contributed by atoms with Crippen LogP contribution in [0.3, 0.4) is 0 Å². The molecule has 3 aromatic rings. The molecule has 28 heavy (non-hydrogen) atoms. The van der Waals surface area contributed by atoms with E-state index in [9.17, 15) is 9.18 Å². The third-order valence-electron chi connectivity index (χ3n) is 5.19. The molecular formula is C19H21FN6O2. The van der Waals surface area contributed by atoms with Crippen LogP contribution in [0.2, 0.25) is 0 Å². The van der Waals surface area contributed by atoms with Gasteiger partial charge in [0.25, 0.3) is 0 Å². The fourth-order valence-corrected chi connectivity index (χ4v) is 3.71. The zero-order valence-electron chi connectivity index (χ0n) is 15.2. The second kappa shape index (κ2) is 7.89. The van der Waals surface area contributed by atoms with E-state index < -0.39 is 6.04 Å². The van der Waals surface area contributed by atoms with Crippen molar-refractivity contribution in [2.45, 2.75) is 25.4 Å². The molecule has 0 spiro atoms. The monoisotopic (exact) mass is 384 g/mol. The van der Waals surface area contributed by atoms with Crippen LogP contribution in [0, 0.1) is 11.7 Å². The first kappa shape index (κ1) is 18.3. The van der Waals surface area contributed by atoms with E-state index in [4.69, 9.17) is 10.2 Å². The predicted molar refractivity (Wildman–Crippen MR) is 97.4 cm³/mol. The van der Waals surface area contributed by atoms with Crippen molar-refractivity contribution in [3.05, 3.63) is 65.6 Å². The Morgan fingerprint density at radius 3 is 2.71 bits per heavy atom. The Bertz CT molecular complexity index is 934. The topological polar surface area (TPSA) is 103 Å². The second-order valence-electron chi connectivity index (χ2n) is 6.91. The maximum atomic E-state index is 14.7. The molecule has 9 heteroatoms. The van der Waals surface area contributed by atoms with Gasteiger partial charge in [0.1, 0.15) is 24.2 Å². The number of hydrogen-bond acceptors (Lipinski definition) is 6. The quantitative estimate of drug-likeness (QED) is 0.694. The van der Waals surface area contributed by atoms with Gasteiger partial charge in [0, 0.05) is 11.5 Å². The lowest BCUT2D eigenvalue weighted by Gasteiger charge is -2.36. The van der Waals surface area contributed by atoms with E-state index >= 15 is 0 Å². The average Bonchev–Trinajstić information content (AvgIpc) is 3.37. The number of benzene rings is 1. The Morgan fingerprint density at radius 2 is 2.04 bits per heavy atom. The van der Waals surface area contributed by atoms with Crippen molar-refractivity contribution in [1.82, 2.24) is 25.1 Å². The number of amides is 1. The van der Waals surface area contributed by atoms with Gasteiger partial charge in [-0.05, 0) is 54.6 Å². The van der Waals surface area contributed by atoms with Crippen LogP contribution in [0.1, 0.15) is 36.0 Å². The number of nitrogens with zero attached hydrogens (tertiary/aromatic N) is 5. The van der Waals surface area contributed by atoms with Crippen LogP contribution >= 0.6 is 0 Å². The summed E-state index contributed by atoms with van der Waals surface area (Å²) >= 11 is 0. The number of furan rings is 1. The molecule has 146 valence electrons. The molecule has 1 fully saturated rings. The van der Waals surface area contributed by atoms with E-state index in [1.165, 1.54) is 6.07 Å². The number of carbonyl (C=O) groups excluding carboxylic acids is 1. The molecule has 2 N–H and O–H groups in total. The summed E-state index contributed by atoms with van der Waals surface area (Å²) in [6.07, 6.45) is 2.84. The number of carbonyl (C=O) groups is 1. The molecule has 1 atom stereocenters. The molecule has 0 radical (unpaired) electrons. The number of aromatic nitrogens is 4. The van der Waals surface area contributed by atoms with Gasteiger partial charge in [0.15, 0.2) is 5.82 Å². The summed E-state index contributed by atoms with van der Waals surface area (Å²) in [5, 5.41) is 12.1. The number of piperidine rings is 1. The number of rotatable bonds is 6. The fourth-order valence-electron chi connectivity index (χ4n) is 3.71. The van der Waals surface area contributed by atoms with Gasteiger partial charge in [-0.25, -0.2) is 9.07 Å². The van der Waals surface area contributed by atoms with Crippen LogP contribution in [0.25, 0.3) is 0 Å². The van der Waals surface area contributed by atoms with Crippen molar-refractivity contribution in [3.63, 3.8) is 0 Å². The van der Waals surface area contributed by atoms with Gasteiger partial charge < -0.3 is 10.2 Å². The first-order chi connectivity index (χ1) is 13.6. The SMILES string of the molecule is NC(=O)C1CCN([C@@H](c2ccccc2F)c2nnnn2Cc2ccco2)CC1. The van der Waals surface area contributed by atoms with Gasteiger partial charge in [-0.1, -0.05) is 18.2 Å². The molecule has 0 aliphatic carbocycles. The fraction of sp³-hybridized carbons (Fsp3) is 0.368. The number of nitrogens with two attached hydrogens (primary N) is 1. The summed E-state index contributed by atoms with van der Waals surface area (Å²) in [5.74, 6) is 0.464. The third kappa shape index (κ3) is 3.65. The molecule has 3 heterocycles. The summed E-state index contributed by atoms with van der Waals surface area (Å²) in [6.45, 7) is 1.54. The zero-order valence-corrected chi connectivity index (χ0v) is 15.2. The highest BCUT2D eigenvalue weighted by Crippen LogP contribution is 2.32. The van der Waals surface area contributed by atoms with Gasteiger partial charge in [0.05, 0.1) is 6.26 Å². The number of primary amides is 1. The van der Waals surface area contributed by atoms with Crippen molar-refractivity contribution in [2.75, 3.05) is 13.1 Å². The highest BCUT2D eigenvalue weighted by atomic mass is 19.1. The molecule has 1 aromatic carbocycles. The highest BCUT2D eigenvalue weighted by Gasteiger charge is 2.34. The average molecular weight is 384 g/mol. The van der Waals surface area contributed by atoms with E-state index in [0.717, 1.165) is 0 Å². The Hall–Kier alpha value is -3.07. The highest BCUT2D eigenvalue weighted by molar-refractivity contribution is 5.76. The summed E-state index contributed by atoms with van der Waals surface area (Å²) in [5.41, 5.74) is 5.95. The standard InChI is InChI=1S/C19H21FN6O2/c20-16-6-2-1-5-15(16)17(25-9-7-13(8-10-25)18(21)27)19-22-23-24-26(19)12-14-4-3-11-28-14/h1-6,11,13,17H,7-10,12H2,(H2,21,27)/t17-/m0/s1. The van der Waals surface area contributed by atoms with E-state index in [2.05, 4.69) is 20.4 Å². The molecule has 1 aliphatic heterocycles. The third-order valence-corrected chi connectivity index (χ3v) is 5.19. The summed E-state index contributed by atoms with van der Waals surface area (Å²) in [4.78, 5) is 13.6. The van der Waals surface area contributed by atoms with Crippen LogP contribution in [-0.2, 0) is 11.3 Å². The van der Waals surface area contributed by atoms with Gasteiger partial charge in [-0.3, -0.25) is 9.69 Å². The minimum atomic E-state index is -0.472. The van der Waals surface area contributed by atoms with Crippen molar-refractivity contribution >= 4 is 5.91 Å². The normalized spacial score (nSPS) is 16.9.